The topological polar surface area (TPSA) is 143 Å². The second-order valence-electron chi connectivity index (χ2n) is 8.34. The summed E-state index contributed by atoms with van der Waals surface area (Å²) in [5, 5.41) is 2.86. The van der Waals surface area contributed by atoms with E-state index in [4.69, 9.17) is 19.7 Å². The van der Waals surface area contributed by atoms with E-state index in [1.165, 1.54) is 6.33 Å². The second-order valence-corrected chi connectivity index (χ2v) is 10.5. The Hall–Kier alpha value is -3.47. The van der Waals surface area contributed by atoms with Gasteiger partial charge in [-0.3, -0.25) is 9.36 Å². The van der Waals surface area contributed by atoms with E-state index in [0.717, 1.165) is 4.47 Å². The smallest absolute Gasteiger partial charge is 0.261 e. The van der Waals surface area contributed by atoms with Gasteiger partial charge in [-0.2, -0.15) is 0 Å². The van der Waals surface area contributed by atoms with Gasteiger partial charge in [0.25, 0.3) is 13.9 Å². The molecule has 0 aliphatic carbocycles. The summed E-state index contributed by atoms with van der Waals surface area (Å²) in [5.41, 5.74) is 7.55. The number of nitrogens with zero attached hydrogens (tertiary/aromatic N) is 4. The predicted octanol–water partition coefficient (Wildman–Crippen LogP) is 4.29. The first kappa shape index (κ1) is 27.6. The average molecular weight is 603 g/mol. The van der Waals surface area contributed by atoms with Crippen LogP contribution in [0.5, 0.6) is 11.5 Å². The fraction of sp³-hybridized carbons (Fsp3) is 0.280. The van der Waals surface area contributed by atoms with Crippen LogP contribution < -0.4 is 20.3 Å². The molecule has 0 bridgehead atoms. The van der Waals surface area contributed by atoms with Crippen molar-refractivity contribution in [3.63, 3.8) is 0 Å². The van der Waals surface area contributed by atoms with Crippen LogP contribution in [-0.2, 0) is 15.8 Å². The van der Waals surface area contributed by atoms with Crippen LogP contribution in [0.4, 0.5) is 5.82 Å². The summed E-state index contributed by atoms with van der Waals surface area (Å²) in [6.45, 7) is 3.10. The van der Waals surface area contributed by atoms with E-state index in [1.807, 2.05) is 19.1 Å². The van der Waals surface area contributed by atoms with Crippen molar-refractivity contribution in [2.45, 2.75) is 26.0 Å². The van der Waals surface area contributed by atoms with Crippen molar-refractivity contribution in [1.29, 1.82) is 0 Å². The zero-order valence-electron chi connectivity index (χ0n) is 20.7. The van der Waals surface area contributed by atoms with Gasteiger partial charge in [0.15, 0.2) is 23.0 Å². The molecule has 13 heteroatoms. The first-order chi connectivity index (χ1) is 18.4. The van der Waals surface area contributed by atoms with Crippen LogP contribution in [0.25, 0.3) is 11.2 Å². The maximum atomic E-state index is 12.6. The third-order valence-electron chi connectivity index (χ3n) is 5.41. The van der Waals surface area contributed by atoms with Gasteiger partial charge in [0.1, 0.15) is 18.2 Å². The minimum absolute atomic E-state index is 0.0635. The molecule has 2 aromatic heterocycles. The number of nitrogens with one attached hydrogen (secondary N) is 1. The molecule has 0 spiro atoms. The van der Waals surface area contributed by atoms with Crippen molar-refractivity contribution in [2.24, 2.45) is 0 Å². The van der Waals surface area contributed by atoms with Gasteiger partial charge in [0.2, 0.25) is 0 Å². The molecule has 4 aromatic rings. The highest BCUT2D eigenvalue weighted by atomic mass is 79.9. The number of ether oxygens (including phenoxy) is 2. The fourth-order valence-corrected chi connectivity index (χ4v) is 4.70. The summed E-state index contributed by atoms with van der Waals surface area (Å²) in [6, 6.07) is 14.2. The number of para-hydroxylation sites is 2. The number of halogens is 1. The summed E-state index contributed by atoms with van der Waals surface area (Å²) in [5.74, 6) is 1.01. The van der Waals surface area contributed by atoms with E-state index in [2.05, 4.69) is 36.2 Å². The highest BCUT2D eigenvalue weighted by molar-refractivity contribution is 9.10. The Bertz CT molecular complexity index is 1400. The number of amides is 1. The summed E-state index contributed by atoms with van der Waals surface area (Å²) in [7, 11) is -2.55. The van der Waals surface area contributed by atoms with E-state index in [0.29, 0.717) is 60.2 Å². The van der Waals surface area contributed by atoms with Gasteiger partial charge in [-0.15, -0.1) is 0 Å². The Morgan fingerprint density at radius 3 is 2.68 bits per heavy atom. The summed E-state index contributed by atoms with van der Waals surface area (Å²) >= 11 is 3.35. The molecule has 38 heavy (non-hydrogen) atoms. The Morgan fingerprint density at radius 1 is 1.13 bits per heavy atom. The van der Waals surface area contributed by atoms with Crippen molar-refractivity contribution >= 4 is 46.8 Å². The molecular weight excluding hydrogens is 575 g/mol. The van der Waals surface area contributed by atoms with Crippen molar-refractivity contribution in [3.8, 4) is 11.5 Å². The van der Waals surface area contributed by atoms with Crippen LogP contribution in [0.3, 0.4) is 0 Å². The largest absolute Gasteiger partial charge is 0.490 e. The normalized spacial score (nSPS) is 12.7. The van der Waals surface area contributed by atoms with Crippen molar-refractivity contribution in [3.05, 3.63) is 71.2 Å². The minimum Gasteiger partial charge on any atom is -0.490 e. The van der Waals surface area contributed by atoms with Gasteiger partial charge in [0.05, 0.1) is 25.6 Å². The quantitative estimate of drug-likeness (QED) is 0.169. The van der Waals surface area contributed by atoms with Gasteiger partial charge in [-0.1, -0.05) is 28.1 Å². The SMILES string of the molecule is CC(Cn1cnc2c(N)ncnc21)OC[PH](=O)Oc1ccccc1OCCCNC(=O)c1ccc(Br)cc1. The van der Waals surface area contributed by atoms with E-state index in [-0.39, 0.29) is 18.4 Å². The number of nitrogens with two attached hydrogens (primary N) is 1. The summed E-state index contributed by atoms with van der Waals surface area (Å²) < 4.78 is 32.5. The lowest BCUT2D eigenvalue weighted by molar-refractivity contribution is 0.0851. The molecule has 2 atom stereocenters. The number of fused-ring (bicyclic) bond motifs is 1. The minimum atomic E-state index is -2.55. The van der Waals surface area contributed by atoms with Crippen LogP contribution >= 0.6 is 24.0 Å². The molecule has 2 aromatic carbocycles. The van der Waals surface area contributed by atoms with Gasteiger partial charge in [-0.05, 0) is 49.7 Å². The molecular formula is C25H28BrN6O5P. The van der Waals surface area contributed by atoms with Crippen molar-refractivity contribution in [1.82, 2.24) is 24.8 Å². The van der Waals surface area contributed by atoms with Crippen LogP contribution in [0.1, 0.15) is 23.7 Å². The number of carbonyl (C=O) groups excluding carboxylic acids is 1. The number of imidazole rings is 1. The van der Waals surface area contributed by atoms with Crippen LogP contribution in [0.2, 0.25) is 0 Å². The maximum absolute atomic E-state index is 12.6. The molecule has 1 amide bonds. The third-order valence-corrected chi connectivity index (χ3v) is 6.79. The number of hydrogen-bond acceptors (Lipinski definition) is 9. The number of hydrogen-bond donors (Lipinski definition) is 2. The molecule has 0 saturated heterocycles. The highest BCUT2D eigenvalue weighted by Gasteiger charge is 2.14. The van der Waals surface area contributed by atoms with Crippen LogP contribution in [0, 0.1) is 0 Å². The number of benzene rings is 2. The van der Waals surface area contributed by atoms with E-state index < -0.39 is 8.03 Å². The predicted molar refractivity (Wildman–Crippen MR) is 148 cm³/mol. The first-order valence-electron chi connectivity index (χ1n) is 11.9. The Kier molecular flexibility index (Phi) is 9.69. The zero-order valence-corrected chi connectivity index (χ0v) is 23.3. The lowest BCUT2D eigenvalue weighted by Gasteiger charge is -2.16. The monoisotopic (exact) mass is 602 g/mol. The van der Waals surface area contributed by atoms with Crippen LogP contribution in [0.15, 0.2) is 65.7 Å². The number of anilines is 1. The van der Waals surface area contributed by atoms with Gasteiger partial charge < -0.3 is 29.6 Å². The molecule has 2 unspecified atom stereocenters. The van der Waals surface area contributed by atoms with Gasteiger partial charge in [0, 0.05) is 16.6 Å². The number of carbonyl (C=O) groups is 1. The highest BCUT2D eigenvalue weighted by Crippen LogP contribution is 2.35. The van der Waals surface area contributed by atoms with E-state index in [9.17, 15) is 9.36 Å². The van der Waals surface area contributed by atoms with E-state index in [1.54, 1.807) is 47.3 Å². The maximum Gasteiger partial charge on any atom is 0.261 e. The molecule has 0 radical (unpaired) electrons. The number of rotatable bonds is 13. The number of nitrogen functional groups attached to an aromatic ring is 1. The Balaban J connectivity index is 1.20. The van der Waals surface area contributed by atoms with Gasteiger partial charge in [-0.25, -0.2) is 15.0 Å². The zero-order chi connectivity index (χ0) is 26.9. The molecule has 0 fully saturated rings. The summed E-state index contributed by atoms with van der Waals surface area (Å²) in [6.07, 6.45) is 3.25. The van der Waals surface area contributed by atoms with Crippen LogP contribution in [-0.4, -0.2) is 51.0 Å². The van der Waals surface area contributed by atoms with Crippen molar-refractivity contribution < 1.29 is 23.4 Å². The van der Waals surface area contributed by atoms with E-state index >= 15 is 0 Å². The lowest BCUT2D eigenvalue weighted by atomic mass is 10.2. The van der Waals surface area contributed by atoms with Crippen molar-refractivity contribution in [2.75, 3.05) is 25.2 Å². The lowest BCUT2D eigenvalue weighted by Crippen LogP contribution is -2.25. The molecule has 0 aliphatic heterocycles. The Labute approximate surface area is 228 Å². The Morgan fingerprint density at radius 2 is 1.89 bits per heavy atom. The molecule has 3 N–H and O–H groups in total. The molecule has 0 aliphatic rings. The standard InChI is InChI=1S/C25H28BrN6O5P/c1-17(13-32-15-31-22-23(27)29-14-30-24(22)32)36-16-38(34)37-21-6-3-2-5-20(21)35-12-4-11-28-25(33)18-7-9-19(26)10-8-18/h2-3,5-10,14-15,17,38H,4,11-13,16H2,1H3,(H,28,33)(H2,27,29,30). The fourth-order valence-electron chi connectivity index (χ4n) is 3.54. The molecule has 0 saturated carbocycles. The molecule has 11 nitrogen and oxygen atoms in total. The average Bonchev–Trinajstić information content (AvgIpc) is 3.32. The molecule has 4 rings (SSSR count). The molecule has 200 valence electrons. The third kappa shape index (κ3) is 7.53. The molecule has 2 heterocycles. The second kappa shape index (κ2) is 13.4. The summed E-state index contributed by atoms with van der Waals surface area (Å²) in [4.78, 5) is 24.6. The van der Waals surface area contributed by atoms with Gasteiger partial charge >= 0.3 is 0 Å². The first-order valence-corrected chi connectivity index (χ1v) is 14.2. The number of aromatic nitrogens is 4.